The van der Waals surface area contributed by atoms with Gasteiger partial charge in [0.15, 0.2) is 9.84 Å². The van der Waals surface area contributed by atoms with Crippen LogP contribution in [0.15, 0.2) is 72.0 Å². The summed E-state index contributed by atoms with van der Waals surface area (Å²) in [5.74, 6) is 0.0217. The van der Waals surface area contributed by atoms with Crippen molar-refractivity contribution >= 4 is 56.5 Å². The fourth-order valence-corrected chi connectivity index (χ4v) is 6.62. The number of carbonyl (C=O) groups is 2. The fraction of sp³-hybridized carbons (Fsp3) is 0.241. The number of fused-ring (bicyclic) bond motifs is 1. The summed E-state index contributed by atoms with van der Waals surface area (Å²) in [4.78, 5) is 36.9. The molecule has 0 aliphatic carbocycles. The van der Waals surface area contributed by atoms with E-state index >= 15 is 0 Å². The van der Waals surface area contributed by atoms with Crippen LogP contribution in [0.25, 0.3) is 23.1 Å². The van der Waals surface area contributed by atoms with Gasteiger partial charge >= 0.3 is 6.09 Å². The molecule has 0 saturated carbocycles. The summed E-state index contributed by atoms with van der Waals surface area (Å²) in [6.45, 7) is 1.97. The summed E-state index contributed by atoms with van der Waals surface area (Å²) in [6, 6.07) is 13.6. The van der Waals surface area contributed by atoms with Crippen LogP contribution in [0, 0.1) is 0 Å². The molecule has 2 amide bonds. The number of hydrogen-bond acceptors (Lipinski definition) is 7. The smallest absolute Gasteiger partial charge is 0.405 e. The number of benzene rings is 2. The zero-order chi connectivity index (χ0) is 29.0. The van der Waals surface area contributed by atoms with Crippen molar-refractivity contribution in [3.63, 3.8) is 0 Å². The van der Waals surface area contributed by atoms with Gasteiger partial charge in [-0.3, -0.25) is 4.79 Å². The summed E-state index contributed by atoms with van der Waals surface area (Å²) >= 11 is 0. The molecule has 0 spiro atoms. The van der Waals surface area contributed by atoms with Crippen LogP contribution in [-0.2, 0) is 14.6 Å². The third-order valence-electron chi connectivity index (χ3n) is 7.10. The highest BCUT2D eigenvalue weighted by molar-refractivity contribution is 7.92. The molecular formula is C29H30N6O5S. The van der Waals surface area contributed by atoms with E-state index in [0.717, 1.165) is 22.0 Å². The Kier molecular flexibility index (Phi) is 8.02. The second kappa shape index (κ2) is 11.8. The summed E-state index contributed by atoms with van der Waals surface area (Å²) in [5, 5.41) is 14.6. The van der Waals surface area contributed by atoms with Gasteiger partial charge in [-0.1, -0.05) is 24.3 Å². The molecule has 1 fully saturated rings. The number of rotatable bonds is 8. The van der Waals surface area contributed by atoms with Gasteiger partial charge in [-0.2, -0.15) is 0 Å². The fourth-order valence-electron chi connectivity index (χ4n) is 4.89. The van der Waals surface area contributed by atoms with Crippen molar-refractivity contribution in [3.8, 4) is 0 Å². The number of sulfone groups is 1. The number of carbonyl (C=O) groups excluding carboxylic acids is 1. The van der Waals surface area contributed by atoms with Gasteiger partial charge in [0.25, 0.3) is 0 Å². The molecule has 3 heterocycles. The molecule has 1 saturated heterocycles. The quantitative estimate of drug-likeness (QED) is 0.243. The number of aromatic amines is 1. The maximum atomic E-state index is 13.2. The van der Waals surface area contributed by atoms with Gasteiger partial charge in [-0.25, -0.2) is 23.2 Å². The highest BCUT2D eigenvalue weighted by atomic mass is 32.2. The Bertz CT molecular complexity index is 1670. The average Bonchev–Trinajstić information content (AvgIpc) is 3.46. The lowest BCUT2D eigenvalue weighted by Gasteiger charge is -2.33. The Morgan fingerprint density at radius 2 is 1.76 bits per heavy atom. The van der Waals surface area contributed by atoms with Gasteiger partial charge in [-0.05, 0) is 61.7 Å². The van der Waals surface area contributed by atoms with E-state index in [1.54, 1.807) is 36.7 Å². The largest absolute Gasteiger partial charge is 0.465 e. The SMILES string of the molecule is C[C@H](NC(=O)O)C(=O)N1CCC(S(=O)(=O)c2ccc(Nc3ncc(C=Cc4cccc5[nH]ccc45)cn3)cc2)CC1. The van der Waals surface area contributed by atoms with Gasteiger partial charge in [0.2, 0.25) is 11.9 Å². The van der Waals surface area contributed by atoms with Crippen molar-refractivity contribution in [1.29, 1.82) is 0 Å². The molecule has 1 aliphatic rings. The minimum absolute atomic E-state index is 0.201. The third-order valence-corrected chi connectivity index (χ3v) is 9.38. The normalized spacial score (nSPS) is 15.2. The summed E-state index contributed by atoms with van der Waals surface area (Å²) < 4.78 is 26.4. The lowest BCUT2D eigenvalue weighted by atomic mass is 10.1. The molecule has 2 aromatic carbocycles. The molecule has 4 N–H and O–H groups in total. The van der Waals surface area contributed by atoms with Crippen LogP contribution < -0.4 is 10.6 Å². The Morgan fingerprint density at radius 1 is 1.05 bits per heavy atom. The van der Waals surface area contributed by atoms with E-state index in [1.165, 1.54) is 11.8 Å². The van der Waals surface area contributed by atoms with E-state index in [1.807, 2.05) is 42.6 Å². The van der Waals surface area contributed by atoms with Gasteiger partial charge in [0.1, 0.15) is 6.04 Å². The third kappa shape index (κ3) is 6.38. The highest BCUT2D eigenvalue weighted by Gasteiger charge is 2.34. The first-order valence-electron chi connectivity index (χ1n) is 13.2. The van der Waals surface area contributed by atoms with Crippen molar-refractivity contribution in [3.05, 3.63) is 78.2 Å². The van der Waals surface area contributed by atoms with E-state index in [4.69, 9.17) is 5.11 Å². The summed E-state index contributed by atoms with van der Waals surface area (Å²) in [6.07, 6.45) is 8.56. The number of hydrogen-bond donors (Lipinski definition) is 4. The Morgan fingerprint density at radius 3 is 2.44 bits per heavy atom. The maximum Gasteiger partial charge on any atom is 0.405 e. The maximum absolute atomic E-state index is 13.2. The molecule has 0 bridgehead atoms. The second-order valence-corrected chi connectivity index (χ2v) is 12.1. The van der Waals surface area contributed by atoms with Crippen LogP contribution >= 0.6 is 0 Å². The molecule has 41 heavy (non-hydrogen) atoms. The van der Waals surface area contributed by atoms with Crippen LogP contribution in [0.1, 0.15) is 30.9 Å². The van der Waals surface area contributed by atoms with Crippen LogP contribution in [0.2, 0.25) is 0 Å². The molecule has 1 atom stereocenters. The molecule has 212 valence electrons. The lowest BCUT2D eigenvalue weighted by Crippen LogP contribution is -2.50. The number of likely N-dealkylation sites (tertiary alicyclic amines) is 1. The first-order valence-corrected chi connectivity index (χ1v) is 14.7. The number of carboxylic acid groups (broad SMARTS) is 1. The van der Waals surface area contributed by atoms with E-state index < -0.39 is 27.2 Å². The van der Waals surface area contributed by atoms with E-state index in [0.29, 0.717) is 11.6 Å². The van der Waals surface area contributed by atoms with Crippen LogP contribution in [-0.4, -0.2) is 69.8 Å². The number of amides is 2. The summed E-state index contributed by atoms with van der Waals surface area (Å²) in [7, 11) is -3.60. The minimum Gasteiger partial charge on any atom is -0.465 e. The predicted molar refractivity (Wildman–Crippen MR) is 156 cm³/mol. The average molecular weight is 575 g/mol. The molecule has 12 heteroatoms. The Balaban J connectivity index is 1.17. The summed E-state index contributed by atoms with van der Waals surface area (Å²) in [5.41, 5.74) is 3.64. The van der Waals surface area contributed by atoms with Crippen molar-refractivity contribution in [2.45, 2.75) is 36.0 Å². The molecule has 11 nitrogen and oxygen atoms in total. The lowest BCUT2D eigenvalue weighted by molar-refractivity contribution is -0.133. The number of piperidine rings is 1. The molecule has 1 aliphatic heterocycles. The molecule has 0 unspecified atom stereocenters. The monoisotopic (exact) mass is 574 g/mol. The van der Waals surface area contributed by atoms with Crippen molar-refractivity contribution in [2.75, 3.05) is 18.4 Å². The van der Waals surface area contributed by atoms with E-state index in [2.05, 4.69) is 25.6 Å². The number of anilines is 2. The van der Waals surface area contributed by atoms with Gasteiger partial charge in [-0.15, -0.1) is 0 Å². The predicted octanol–water partition coefficient (Wildman–Crippen LogP) is 4.29. The van der Waals surface area contributed by atoms with Crippen LogP contribution in [0.4, 0.5) is 16.4 Å². The van der Waals surface area contributed by atoms with Crippen molar-refractivity contribution < 1.29 is 23.1 Å². The number of aromatic nitrogens is 3. The number of H-pyrrole nitrogens is 1. The number of nitrogens with one attached hydrogen (secondary N) is 3. The molecular weight excluding hydrogens is 544 g/mol. The molecule has 2 aromatic heterocycles. The molecule has 0 radical (unpaired) electrons. The Labute approximate surface area is 237 Å². The first kappa shape index (κ1) is 27.8. The van der Waals surface area contributed by atoms with Crippen molar-refractivity contribution in [1.82, 2.24) is 25.2 Å². The zero-order valence-corrected chi connectivity index (χ0v) is 23.1. The molecule has 5 rings (SSSR count). The van der Waals surface area contributed by atoms with Crippen molar-refractivity contribution in [2.24, 2.45) is 0 Å². The first-order chi connectivity index (χ1) is 19.7. The Hall–Kier alpha value is -4.71. The van der Waals surface area contributed by atoms with Gasteiger partial charge in [0.05, 0.1) is 10.1 Å². The van der Waals surface area contributed by atoms with Crippen LogP contribution in [0.5, 0.6) is 0 Å². The standard InChI is InChI=1S/C29H30N6O5S/c1-19(33-29(37)38)27(36)35-15-12-24(13-16-35)41(39,40)23-9-7-22(8-10-23)34-28-31-17-20(18-32-28)5-6-21-3-2-4-26-25(21)11-14-30-26/h2-11,14,17-19,24,30,33H,12-13,15-16H2,1H3,(H,37,38)(H,31,32,34)/t19-/m0/s1. The molecule has 4 aromatic rings. The zero-order valence-electron chi connectivity index (χ0n) is 22.3. The van der Waals surface area contributed by atoms with Crippen LogP contribution in [0.3, 0.4) is 0 Å². The topological polar surface area (TPSA) is 157 Å². The van der Waals surface area contributed by atoms with E-state index in [-0.39, 0.29) is 36.7 Å². The second-order valence-electron chi connectivity index (χ2n) is 9.85. The van der Waals surface area contributed by atoms with E-state index in [9.17, 15) is 18.0 Å². The number of nitrogens with zero attached hydrogens (tertiary/aromatic N) is 3. The minimum atomic E-state index is -3.60. The van der Waals surface area contributed by atoms with Gasteiger partial charge < -0.3 is 25.6 Å². The van der Waals surface area contributed by atoms with Gasteiger partial charge in [0, 0.05) is 53.8 Å². The highest BCUT2D eigenvalue weighted by Crippen LogP contribution is 2.27.